The maximum atomic E-state index is 10.9. The van der Waals surface area contributed by atoms with E-state index in [0.29, 0.717) is 24.5 Å². The van der Waals surface area contributed by atoms with Gasteiger partial charge in [0.05, 0.1) is 24.2 Å². The number of rotatable bonds is 5. The van der Waals surface area contributed by atoms with Gasteiger partial charge in [-0.05, 0) is 13.8 Å². The van der Waals surface area contributed by atoms with Crippen LogP contribution in [0.3, 0.4) is 0 Å². The zero-order chi connectivity index (χ0) is 14.9. The van der Waals surface area contributed by atoms with Gasteiger partial charge in [-0.3, -0.25) is 14.8 Å². The topological polar surface area (TPSA) is 129 Å². The average molecular weight is 280 g/mol. The summed E-state index contributed by atoms with van der Waals surface area (Å²) in [6.07, 6.45) is 1.29. The van der Waals surface area contributed by atoms with E-state index in [0.717, 1.165) is 0 Å². The van der Waals surface area contributed by atoms with E-state index < -0.39 is 10.9 Å². The summed E-state index contributed by atoms with van der Waals surface area (Å²) in [5.41, 5.74) is 0.641. The number of aromatic nitrogens is 5. The molecule has 10 heteroatoms. The molecule has 1 N–H and O–H groups in total. The Hall–Kier alpha value is -2.78. The van der Waals surface area contributed by atoms with Crippen LogP contribution in [0.15, 0.2) is 6.20 Å². The summed E-state index contributed by atoms with van der Waals surface area (Å²) in [4.78, 5) is 21.1. The molecule has 0 bridgehead atoms. The number of hydrogen-bond donors (Lipinski definition) is 1. The van der Waals surface area contributed by atoms with Crippen molar-refractivity contribution in [2.24, 2.45) is 0 Å². The lowest BCUT2D eigenvalue weighted by atomic mass is 10.3. The predicted octanol–water partition coefficient (Wildman–Crippen LogP) is 0.398. The standard InChI is InChI=1S/C10H12N6O4/c1-6-9(16(19)20)7(2)15(12-6)4-3-14-5-8(10(17)18)11-13-14/h5H,3-4H2,1-2H3,(H,17,18). The molecule has 0 amide bonds. The van der Waals surface area contributed by atoms with Crippen LogP contribution in [0.25, 0.3) is 0 Å². The van der Waals surface area contributed by atoms with Crippen molar-refractivity contribution in [2.75, 3.05) is 0 Å². The molecular formula is C10H12N6O4. The average Bonchev–Trinajstić information content (AvgIpc) is 2.92. The minimum atomic E-state index is -1.15. The lowest BCUT2D eigenvalue weighted by Crippen LogP contribution is -2.10. The van der Waals surface area contributed by atoms with Crippen molar-refractivity contribution in [3.63, 3.8) is 0 Å². The molecule has 0 spiro atoms. The van der Waals surface area contributed by atoms with Crippen LogP contribution in [0.2, 0.25) is 0 Å². The van der Waals surface area contributed by atoms with Crippen LogP contribution in [0.1, 0.15) is 21.9 Å². The minimum Gasteiger partial charge on any atom is -0.476 e. The van der Waals surface area contributed by atoms with E-state index >= 15 is 0 Å². The summed E-state index contributed by atoms with van der Waals surface area (Å²) in [6, 6.07) is 0. The Balaban J connectivity index is 2.13. The van der Waals surface area contributed by atoms with E-state index in [2.05, 4.69) is 15.4 Å². The molecule has 0 fully saturated rings. The van der Waals surface area contributed by atoms with E-state index in [1.54, 1.807) is 13.8 Å². The molecule has 0 atom stereocenters. The molecule has 2 heterocycles. The summed E-state index contributed by atoms with van der Waals surface area (Å²) in [5, 5.41) is 30.8. The van der Waals surface area contributed by atoms with Crippen molar-refractivity contribution < 1.29 is 14.8 Å². The molecule has 0 aliphatic rings. The molecule has 0 aliphatic heterocycles. The van der Waals surface area contributed by atoms with Crippen LogP contribution in [0.4, 0.5) is 5.69 Å². The first-order valence-corrected chi connectivity index (χ1v) is 5.72. The van der Waals surface area contributed by atoms with Crippen molar-refractivity contribution in [3.8, 4) is 0 Å². The number of carboxylic acid groups (broad SMARTS) is 1. The maximum Gasteiger partial charge on any atom is 0.358 e. The summed E-state index contributed by atoms with van der Waals surface area (Å²) in [7, 11) is 0. The van der Waals surface area contributed by atoms with Crippen molar-refractivity contribution >= 4 is 11.7 Å². The Bertz CT molecular complexity index is 673. The molecule has 0 aromatic carbocycles. The lowest BCUT2D eigenvalue weighted by Gasteiger charge is -2.02. The fourth-order valence-electron chi connectivity index (χ4n) is 1.87. The van der Waals surface area contributed by atoms with Crippen molar-refractivity contribution in [1.82, 2.24) is 24.8 Å². The van der Waals surface area contributed by atoms with Gasteiger partial charge in [-0.15, -0.1) is 5.10 Å². The van der Waals surface area contributed by atoms with E-state index in [9.17, 15) is 14.9 Å². The molecule has 0 saturated carbocycles. The molecule has 20 heavy (non-hydrogen) atoms. The molecule has 2 aromatic heterocycles. The van der Waals surface area contributed by atoms with Gasteiger partial charge in [0, 0.05) is 0 Å². The Morgan fingerprint density at radius 1 is 1.45 bits per heavy atom. The molecule has 0 aliphatic carbocycles. The number of aromatic carboxylic acids is 1. The second-order valence-electron chi connectivity index (χ2n) is 4.17. The van der Waals surface area contributed by atoms with Crippen molar-refractivity contribution in [1.29, 1.82) is 0 Å². The largest absolute Gasteiger partial charge is 0.476 e. The third kappa shape index (κ3) is 2.48. The highest BCUT2D eigenvalue weighted by molar-refractivity contribution is 5.84. The van der Waals surface area contributed by atoms with Gasteiger partial charge >= 0.3 is 11.7 Å². The van der Waals surface area contributed by atoms with Gasteiger partial charge in [-0.1, -0.05) is 5.21 Å². The molecule has 0 saturated heterocycles. The number of nitrogens with zero attached hydrogens (tertiary/aromatic N) is 6. The first-order chi connectivity index (χ1) is 9.40. The number of carbonyl (C=O) groups is 1. The van der Waals surface area contributed by atoms with Gasteiger partial charge in [-0.25, -0.2) is 9.48 Å². The highest BCUT2D eigenvalue weighted by atomic mass is 16.6. The third-order valence-corrected chi connectivity index (χ3v) is 2.82. The van der Waals surface area contributed by atoms with Crippen LogP contribution < -0.4 is 0 Å². The normalized spacial score (nSPS) is 10.7. The summed E-state index contributed by atoms with van der Waals surface area (Å²) < 4.78 is 2.85. The smallest absolute Gasteiger partial charge is 0.358 e. The summed E-state index contributed by atoms with van der Waals surface area (Å²) in [6.45, 7) is 3.84. The molecule has 2 aromatic rings. The predicted molar refractivity (Wildman–Crippen MR) is 65.3 cm³/mol. The first-order valence-electron chi connectivity index (χ1n) is 5.72. The summed E-state index contributed by atoms with van der Waals surface area (Å²) in [5.74, 6) is -1.15. The second-order valence-corrected chi connectivity index (χ2v) is 4.17. The maximum absolute atomic E-state index is 10.9. The number of carboxylic acids is 1. The van der Waals surface area contributed by atoms with Crippen molar-refractivity contribution in [2.45, 2.75) is 26.9 Å². The first kappa shape index (κ1) is 13.6. The Morgan fingerprint density at radius 3 is 2.65 bits per heavy atom. The molecule has 106 valence electrons. The van der Waals surface area contributed by atoms with E-state index in [1.807, 2.05) is 0 Å². The molecular weight excluding hydrogens is 268 g/mol. The van der Waals surface area contributed by atoms with E-state index in [1.165, 1.54) is 15.6 Å². The second kappa shape index (κ2) is 5.07. The van der Waals surface area contributed by atoms with Gasteiger partial charge < -0.3 is 5.11 Å². The van der Waals surface area contributed by atoms with Gasteiger partial charge in [0.25, 0.3) is 0 Å². The highest BCUT2D eigenvalue weighted by Crippen LogP contribution is 2.21. The molecule has 10 nitrogen and oxygen atoms in total. The van der Waals surface area contributed by atoms with Crippen LogP contribution in [-0.4, -0.2) is 40.8 Å². The number of hydrogen-bond acceptors (Lipinski definition) is 6. The quantitative estimate of drug-likeness (QED) is 0.619. The third-order valence-electron chi connectivity index (χ3n) is 2.82. The van der Waals surface area contributed by atoms with Gasteiger partial charge in [0.1, 0.15) is 11.4 Å². The SMILES string of the molecule is Cc1nn(CCn2cc(C(=O)O)nn2)c(C)c1[N+](=O)[O-]. The molecule has 0 radical (unpaired) electrons. The lowest BCUT2D eigenvalue weighted by molar-refractivity contribution is -0.386. The zero-order valence-electron chi connectivity index (χ0n) is 10.8. The van der Waals surface area contributed by atoms with Gasteiger partial charge in [0.15, 0.2) is 5.69 Å². The Labute approximate surface area is 112 Å². The monoisotopic (exact) mass is 280 g/mol. The van der Waals surface area contributed by atoms with Crippen molar-refractivity contribution in [3.05, 3.63) is 33.4 Å². The Kier molecular flexibility index (Phi) is 3.46. The van der Waals surface area contributed by atoms with E-state index in [4.69, 9.17) is 5.11 Å². The fourth-order valence-corrected chi connectivity index (χ4v) is 1.87. The molecule has 2 rings (SSSR count). The van der Waals surface area contributed by atoms with Crippen LogP contribution >= 0.6 is 0 Å². The van der Waals surface area contributed by atoms with Crippen LogP contribution in [0, 0.1) is 24.0 Å². The van der Waals surface area contributed by atoms with E-state index in [-0.39, 0.29) is 11.4 Å². The van der Waals surface area contributed by atoms with Gasteiger partial charge in [0.2, 0.25) is 0 Å². The Morgan fingerprint density at radius 2 is 2.15 bits per heavy atom. The van der Waals surface area contributed by atoms with Crippen LogP contribution in [0.5, 0.6) is 0 Å². The number of aryl methyl sites for hydroxylation is 3. The minimum absolute atomic E-state index is 0.00480. The highest BCUT2D eigenvalue weighted by Gasteiger charge is 2.21. The summed E-state index contributed by atoms with van der Waals surface area (Å²) >= 11 is 0. The van der Waals surface area contributed by atoms with Crippen LogP contribution in [-0.2, 0) is 13.1 Å². The zero-order valence-corrected chi connectivity index (χ0v) is 10.8. The molecule has 0 unspecified atom stereocenters. The fraction of sp³-hybridized carbons (Fsp3) is 0.400. The number of nitro groups is 1. The van der Waals surface area contributed by atoms with Gasteiger partial charge in [-0.2, -0.15) is 5.10 Å².